The van der Waals surface area contributed by atoms with Crippen molar-refractivity contribution >= 4 is 38.8 Å². The zero-order valence-corrected chi connectivity index (χ0v) is 12.7. The van der Waals surface area contributed by atoms with Crippen LogP contribution in [-0.2, 0) is 4.74 Å². The molecule has 0 spiro atoms. The van der Waals surface area contributed by atoms with Crippen LogP contribution in [0.4, 0.5) is 5.82 Å². The average molecular weight is 297 g/mol. The topological polar surface area (TPSA) is 25.4 Å². The highest BCUT2D eigenvalue weighted by atomic mass is 35.5. The Kier molecular flexibility index (Phi) is 3.41. The van der Waals surface area contributed by atoms with Crippen LogP contribution < -0.4 is 4.90 Å². The van der Waals surface area contributed by atoms with Crippen molar-refractivity contribution in [2.75, 3.05) is 23.9 Å². The maximum absolute atomic E-state index is 5.99. The van der Waals surface area contributed by atoms with Crippen molar-refractivity contribution < 1.29 is 4.74 Å². The van der Waals surface area contributed by atoms with Crippen LogP contribution in [0.15, 0.2) is 23.7 Å². The first-order chi connectivity index (χ1) is 9.09. The third-order valence-electron chi connectivity index (χ3n) is 3.31. The summed E-state index contributed by atoms with van der Waals surface area (Å²) in [4.78, 5) is 6.87. The summed E-state index contributed by atoms with van der Waals surface area (Å²) < 4.78 is 7.24. The average Bonchev–Trinajstić information content (AvgIpc) is 2.84. The fraction of sp³-hybridized carbons (Fsp3) is 0.500. The first kappa shape index (κ1) is 13.2. The van der Waals surface area contributed by atoms with Crippen LogP contribution in [0, 0.1) is 0 Å². The van der Waals surface area contributed by atoms with Gasteiger partial charge in [-0.2, -0.15) is 0 Å². The molecule has 0 aromatic carbocycles. The summed E-state index contributed by atoms with van der Waals surface area (Å²) >= 11 is 7.74. The lowest BCUT2D eigenvalue weighted by atomic mass is 10.1. The molecule has 0 saturated carbocycles. The van der Waals surface area contributed by atoms with E-state index in [4.69, 9.17) is 16.3 Å². The number of pyridine rings is 1. The van der Waals surface area contributed by atoms with Crippen molar-refractivity contribution in [1.82, 2.24) is 4.98 Å². The summed E-state index contributed by atoms with van der Waals surface area (Å²) in [5, 5.41) is 3.33. The predicted molar refractivity (Wildman–Crippen MR) is 81.5 cm³/mol. The molecule has 3 nitrogen and oxygen atoms in total. The zero-order chi connectivity index (χ0) is 13.5. The molecule has 1 aliphatic heterocycles. The fourth-order valence-electron chi connectivity index (χ4n) is 2.67. The maximum atomic E-state index is 5.99. The number of anilines is 1. The third kappa shape index (κ3) is 2.57. The number of fused-ring (bicyclic) bond motifs is 1. The molecule has 0 radical (unpaired) electrons. The van der Waals surface area contributed by atoms with Crippen molar-refractivity contribution in [3.8, 4) is 0 Å². The summed E-state index contributed by atoms with van der Waals surface area (Å²) in [6, 6.07) is 4.20. The highest BCUT2D eigenvalue weighted by Crippen LogP contribution is 2.32. The highest BCUT2D eigenvalue weighted by molar-refractivity contribution is 7.17. The zero-order valence-electron chi connectivity index (χ0n) is 11.1. The third-order valence-corrected chi connectivity index (χ3v) is 4.54. The van der Waals surface area contributed by atoms with E-state index in [-0.39, 0.29) is 11.7 Å². The number of rotatable bonds is 2. The number of hydrogen-bond donors (Lipinski definition) is 0. The minimum absolute atomic E-state index is 0.0566. The van der Waals surface area contributed by atoms with Crippen molar-refractivity contribution in [1.29, 1.82) is 0 Å². The Morgan fingerprint density at radius 3 is 3.16 bits per heavy atom. The summed E-state index contributed by atoms with van der Waals surface area (Å²) in [6.45, 7) is 5.84. The largest absolute Gasteiger partial charge is 0.367 e. The molecule has 1 unspecified atom stereocenters. The van der Waals surface area contributed by atoms with Crippen molar-refractivity contribution in [3.05, 3.63) is 23.7 Å². The van der Waals surface area contributed by atoms with Gasteiger partial charge < -0.3 is 9.64 Å². The molecule has 3 heterocycles. The van der Waals surface area contributed by atoms with E-state index in [1.807, 2.05) is 6.20 Å². The van der Waals surface area contributed by atoms with E-state index in [1.54, 1.807) is 11.3 Å². The molecule has 3 rings (SSSR count). The number of hydrogen-bond acceptors (Lipinski definition) is 4. The van der Waals surface area contributed by atoms with E-state index in [1.165, 1.54) is 10.1 Å². The number of alkyl halides is 1. The van der Waals surface area contributed by atoms with Gasteiger partial charge in [0.2, 0.25) is 0 Å². The van der Waals surface area contributed by atoms with E-state index in [0.29, 0.717) is 5.88 Å². The summed E-state index contributed by atoms with van der Waals surface area (Å²) in [7, 11) is 0. The first-order valence-corrected chi connectivity index (χ1v) is 7.81. The molecule has 102 valence electrons. The second kappa shape index (κ2) is 4.93. The van der Waals surface area contributed by atoms with Gasteiger partial charge in [-0.15, -0.1) is 22.9 Å². The quantitative estimate of drug-likeness (QED) is 0.793. The van der Waals surface area contributed by atoms with Gasteiger partial charge in [0.25, 0.3) is 0 Å². The molecule has 2 aromatic rings. The van der Waals surface area contributed by atoms with Gasteiger partial charge >= 0.3 is 0 Å². The number of halogens is 1. The lowest BCUT2D eigenvalue weighted by molar-refractivity contribution is -0.0735. The smallest absolute Gasteiger partial charge is 0.137 e. The van der Waals surface area contributed by atoms with E-state index < -0.39 is 0 Å². The van der Waals surface area contributed by atoms with E-state index in [9.17, 15) is 0 Å². The molecule has 1 atom stereocenters. The molecular formula is C14H17ClN2OS. The molecule has 1 aliphatic rings. The molecule has 0 bridgehead atoms. The monoisotopic (exact) mass is 296 g/mol. The minimum Gasteiger partial charge on any atom is -0.367 e. The van der Waals surface area contributed by atoms with Crippen LogP contribution in [0.3, 0.4) is 0 Å². The second-order valence-corrected chi connectivity index (χ2v) is 6.76. The van der Waals surface area contributed by atoms with Crippen molar-refractivity contribution in [2.45, 2.75) is 25.6 Å². The van der Waals surface area contributed by atoms with Crippen molar-refractivity contribution in [3.63, 3.8) is 0 Å². The van der Waals surface area contributed by atoms with Gasteiger partial charge in [0.15, 0.2) is 0 Å². The molecule has 2 aromatic heterocycles. The molecule has 5 heteroatoms. The number of thiophene rings is 1. The van der Waals surface area contributed by atoms with E-state index in [2.05, 4.69) is 41.2 Å². The first-order valence-electron chi connectivity index (χ1n) is 6.40. The van der Waals surface area contributed by atoms with Crippen LogP contribution in [-0.4, -0.2) is 35.7 Å². The van der Waals surface area contributed by atoms with Gasteiger partial charge in [-0.05, 0) is 31.4 Å². The van der Waals surface area contributed by atoms with Crippen LogP contribution in [0.1, 0.15) is 13.8 Å². The molecule has 0 amide bonds. The normalized spacial score (nSPS) is 22.9. The Morgan fingerprint density at radius 1 is 1.53 bits per heavy atom. The molecule has 1 fully saturated rings. The van der Waals surface area contributed by atoms with Crippen LogP contribution in [0.25, 0.3) is 10.1 Å². The van der Waals surface area contributed by atoms with Gasteiger partial charge in [-0.3, -0.25) is 0 Å². The van der Waals surface area contributed by atoms with Crippen LogP contribution in [0.2, 0.25) is 0 Å². The number of nitrogens with zero attached hydrogens (tertiary/aromatic N) is 2. The van der Waals surface area contributed by atoms with Crippen LogP contribution in [0.5, 0.6) is 0 Å². The number of ether oxygens (including phenoxy) is 1. The molecule has 0 aliphatic carbocycles. The number of morpholine rings is 1. The van der Waals surface area contributed by atoms with Crippen molar-refractivity contribution in [2.24, 2.45) is 0 Å². The Morgan fingerprint density at radius 2 is 2.37 bits per heavy atom. The summed E-state index contributed by atoms with van der Waals surface area (Å²) in [5.74, 6) is 1.56. The number of aromatic nitrogens is 1. The predicted octanol–water partition coefficient (Wildman–Crippen LogP) is 3.52. The van der Waals surface area contributed by atoms with E-state index in [0.717, 1.165) is 18.9 Å². The van der Waals surface area contributed by atoms with Gasteiger partial charge in [0.1, 0.15) is 5.82 Å². The standard InChI is InChI=1S/C14H17ClN2OS/c1-14(2)9-17(8-10(7-15)18-14)13-11-4-6-19-12(11)3-5-16-13/h3-6,10H,7-9H2,1-2H3. The lowest BCUT2D eigenvalue weighted by Crippen LogP contribution is -2.53. The summed E-state index contributed by atoms with van der Waals surface area (Å²) in [6.07, 6.45) is 1.94. The minimum atomic E-state index is -0.197. The molecular weight excluding hydrogens is 280 g/mol. The highest BCUT2D eigenvalue weighted by Gasteiger charge is 2.34. The van der Waals surface area contributed by atoms with E-state index >= 15 is 0 Å². The van der Waals surface area contributed by atoms with Crippen LogP contribution >= 0.6 is 22.9 Å². The Labute approximate surface area is 122 Å². The molecule has 19 heavy (non-hydrogen) atoms. The molecule has 0 N–H and O–H groups in total. The van der Waals surface area contributed by atoms with Gasteiger partial charge in [-0.1, -0.05) is 0 Å². The van der Waals surface area contributed by atoms with Gasteiger partial charge in [-0.25, -0.2) is 4.98 Å². The Hall–Kier alpha value is -0.840. The SMILES string of the molecule is CC1(C)CN(c2nccc3sccc23)CC(CCl)O1. The lowest BCUT2D eigenvalue weighted by Gasteiger charge is -2.43. The second-order valence-electron chi connectivity index (χ2n) is 5.50. The molecule has 1 saturated heterocycles. The fourth-order valence-corrected chi connectivity index (χ4v) is 3.61. The van der Waals surface area contributed by atoms with Gasteiger partial charge in [0, 0.05) is 29.4 Å². The van der Waals surface area contributed by atoms with Gasteiger partial charge in [0.05, 0.1) is 17.6 Å². The Bertz CT molecular complexity index is 584. The Balaban J connectivity index is 1.98. The maximum Gasteiger partial charge on any atom is 0.137 e. The summed E-state index contributed by atoms with van der Waals surface area (Å²) in [5.41, 5.74) is -0.197.